The van der Waals surface area contributed by atoms with E-state index >= 15 is 0 Å². The van der Waals surface area contributed by atoms with Crippen LogP contribution in [0.1, 0.15) is 16.8 Å². The van der Waals surface area contributed by atoms with Crippen LogP contribution >= 0.6 is 0 Å². The Morgan fingerprint density at radius 3 is 2.88 bits per heavy atom. The number of anilines is 1. The smallest absolute Gasteiger partial charge is 0.253 e. The van der Waals surface area contributed by atoms with Crippen molar-refractivity contribution in [1.29, 1.82) is 0 Å². The molecule has 0 saturated heterocycles. The van der Waals surface area contributed by atoms with Crippen molar-refractivity contribution in [1.82, 2.24) is 5.32 Å². The van der Waals surface area contributed by atoms with Gasteiger partial charge in [0.15, 0.2) is 11.5 Å². The van der Waals surface area contributed by atoms with Gasteiger partial charge in [-0.3, -0.25) is 4.79 Å². The minimum atomic E-state index is -0.220. The first-order chi connectivity index (χ1) is 8.22. The Labute approximate surface area is 99.2 Å². The molecule has 0 spiro atoms. The number of hydrogen-bond donors (Lipinski definition) is 2. The Bertz CT molecular complexity index is 457. The molecular weight excluding hydrogens is 220 g/mol. The van der Waals surface area contributed by atoms with E-state index in [1.165, 1.54) is 0 Å². The largest absolute Gasteiger partial charge is 0.454 e. The molecule has 0 fully saturated rings. The molecule has 0 atom stereocenters. The Hall–Kier alpha value is -2.17. The summed E-state index contributed by atoms with van der Waals surface area (Å²) in [5, 5.41) is 2.75. The summed E-state index contributed by atoms with van der Waals surface area (Å²) in [6.07, 6.45) is 2.46. The highest BCUT2D eigenvalue weighted by Gasteiger charge is 2.19. The average molecular weight is 234 g/mol. The van der Waals surface area contributed by atoms with Gasteiger partial charge in [-0.25, -0.2) is 0 Å². The number of carbonyl (C=O) groups excluding carboxylic acids is 1. The molecule has 1 heterocycles. The maximum atomic E-state index is 11.8. The van der Waals surface area contributed by atoms with Crippen LogP contribution in [0.3, 0.4) is 0 Å². The Morgan fingerprint density at radius 1 is 1.47 bits per heavy atom. The first-order valence-electron chi connectivity index (χ1n) is 5.30. The van der Waals surface area contributed by atoms with Crippen molar-refractivity contribution in [3.05, 3.63) is 30.4 Å². The predicted molar refractivity (Wildman–Crippen MR) is 64.1 cm³/mol. The van der Waals surface area contributed by atoms with Crippen LogP contribution in [0.4, 0.5) is 5.69 Å². The number of benzene rings is 1. The van der Waals surface area contributed by atoms with E-state index in [4.69, 9.17) is 15.2 Å². The number of nitrogens with one attached hydrogen (secondary N) is 1. The lowest BCUT2D eigenvalue weighted by Crippen LogP contribution is -2.25. The minimum Gasteiger partial charge on any atom is -0.454 e. The second-order valence-corrected chi connectivity index (χ2v) is 3.63. The molecule has 1 aliphatic heterocycles. The topological polar surface area (TPSA) is 73.6 Å². The normalized spacial score (nSPS) is 12.2. The molecule has 0 radical (unpaired) electrons. The average Bonchev–Trinajstić information content (AvgIpc) is 2.75. The summed E-state index contributed by atoms with van der Waals surface area (Å²) in [7, 11) is 0. The lowest BCUT2D eigenvalue weighted by atomic mass is 10.1. The number of nitrogens with two attached hydrogens (primary N) is 1. The number of carbonyl (C=O) groups is 1. The fraction of sp³-hybridized carbons (Fsp3) is 0.250. The summed E-state index contributed by atoms with van der Waals surface area (Å²) in [5.74, 6) is 0.904. The van der Waals surface area contributed by atoms with Gasteiger partial charge in [-0.15, -0.1) is 6.58 Å². The van der Waals surface area contributed by atoms with E-state index in [1.807, 2.05) is 0 Å². The minimum absolute atomic E-state index is 0.163. The number of nitrogen functional groups attached to an aromatic ring is 1. The van der Waals surface area contributed by atoms with Crippen molar-refractivity contribution < 1.29 is 14.3 Å². The Kier molecular flexibility index (Phi) is 3.18. The van der Waals surface area contributed by atoms with Crippen molar-refractivity contribution in [2.75, 3.05) is 19.1 Å². The molecule has 0 aliphatic carbocycles. The summed E-state index contributed by atoms with van der Waals surface area (Å²) >= 11 is 0. The van der Waals surface area contributed by atoms with Crippen molar-refractivity contribution in [2.45, 2.75) is 6.42 Å². The van der Waals surface area contributed by atoms with Crippen LogP contribution in [0, 0.1) is 0 Å². The molecule has 1 amide bonds. The highest BCUT2D eigenvalue weighted by atomic mass is 16.7. The second kappa shape index (κ2) is 4.78. The van der Waals surface area contributed by atoms with Crippen LogP contribution in [-0.4, -0.2) is 19.2 Å². The summed E-state index contributed by atoms with van der Waals surface area (Å²) < 4.78 is 10.4. The van der Waals surface area contributed by atoms with Crippen molar-refractivity contribution in [3.63, 3.8) is 0 Å². The van der Waals surface area contributed by atoms with E-state index < -0.39 is 0 Å². The van der Waals surface area contributed by atoms with E-state index in [0.717, 1.165) is 6.42 Å². The van der Waals surface area contributed by atoms with Crippen LogP contribution in [0.25, 0.3) is 0 Å². The number of amides is 1. The van der Waals surface area contributed by atoms with E-state index in [0.29, 0.717) is 29.3 Å². The number of rotatable bonds is 4. The van der Waals surface area contributed by atoms with E-state index in [-0.39, 0.29) is 12.7 Å². The zero-order valence-electron chi connectivity index (χ0n) is 9.36. The second-order valence-electron chi connectivity index (χ2n) is 3.63. The maximum absolute atomic E-state index is 11.8. The number of ether oxygens (including phenoxy) is 2. The quantitative estimate of drug-likeness (QED) is 0.468. The zero-order valence-corrected chi connectivity index (χ0v) is 9.36. The van der Waals surface area contributed by atoms with E-state index in [1.54, 1.807) is 18.2 Å². The fourth-order valence-electron chi connectivity index (χ4n) is 1.54. The van der Waals surface area contributed by atoms with Gasteiger partial charge in [-0.2, -0.15) is 0 Å². The molecule has 5 nitrogen and oxygen atoms in total. The van der Waals surface area contributed by atoms with Crippen LogP contribution in [0.15, 0.2) is 24.8 Å². The van der Waals surface area contributed by atoms with Crippen LogP contribution in [-0.2, 0) is 0 Å². The molecule has 3 N–H and O–H groups in total. The highest BCUT2D eigenvalue weighted by Crippen LogP contribution is 2.35. The van der Waals surface area contributed by atoms with Crippen LogP contribution < -0.4 is 20.5 Å². The molecule has 1 aliphatic rings. The zero-order chi connectivity index (χ0) is 12.3. The monoisotopic (exact) mass is 234 g/mol. The first-order valence-corrected chi connectivity index (χ1v) is 5.30. The van der Waals surface area contributed by atoms with Gasteiger partial charge in [-0.05, 0) is 12.5 Å². The number of hydrogen-bond acceptors (Lipinski definition) is 4. The summed E-state index contributed by atoms with van der Waals surface area (Å²) in [6.45, 7) is 4.28. The Morgan fingerprint density at radius 2 is 2.18 bits per heavy atom. The molecule has 5 heteroatoms. The molecule has 0 aromatic heterocycles. The van der Waals surface area contributed by atoms with Crippen molar-refractivity contribution in [2.24, 2.45) is 0 Å². The fourth-order valence-corrected chi connectivity index (χ4v) is 1.54. The predicted octanol–water partition coefficient (Wildman–Crippen LogP) is 1.30. The van der Waals surface area contributed by atoms with Gasteiger partial charge in [0, 0.05) is 18.3 Å². The van der Waals surface area contributed by atoms with Gasteiger partial charge in [0.2, 0.25) is 6.79 Å². The third kappa shape index (κ3) is 2.33. The van der Waals surface area contributed by atoms with Crippen molar-refractivity contribution >= 4 is 11.6 Å². The lowest BCUT2D eigenvalue weighted by Gasteiger charge is -2.07. The molecule has 1 aromatic carbocycles. The summed E-state index contributed by atoms with van der Waals surface area (Å²) in [6, 6.07) is 3.20. The van der Waals surface area contributed by atoms with Gasteiger partial charge in [0.25, 0.3) is 5.91 Å². The summed E-state index contributed by atoms with van der Waals surface area (Å²) in [5.41, 5.74) is 6.56. The van der Waals surface area contributed by atoms with Crippen molar-refractivity contribution in [3.8, 4) is 11.5 Å². The molecular formula is C12H14N2O3. The number of fused-ring (bicyclic) bond motifs is 1. The van der Waals surface area contributed by atoms with Gasteiger partial charge in [0.1, 0.15) is 0 Å². The molecule has 17 heavy (non-hydrogen) atoms. The van der Waals surface area contributed by atoms with Gasteiger partial charge >= 0.3 is 0 Å². The van der Waals surface area contributed by atoms with E-state index in [9.17, 15) is 4.79 Å². The van der Waals surface area contributed by atoms with Crippen LogP contribution in [0.5, 0.6) is 11.5 Å². The third-order valence-corrected chi connectivity index (χ3v) is 2.42. The molecule has 1 aromatic rings. The Balaban J connectivity index is 2.15. The molecule has 0 saturated carbocycles. The van der Waals surface area contributed by atoms with Gasteiger partial charge in [0.05, 0.1) is 5.56 Å². The SMILES string of the molecule is C=CCCNC(=O)c1cc2c(cc1N)OCO2. The highest BCUT2D eigenvalue weighted by molar-refractivity contribution is 6.00. The van der Waals surface area contributed by atoms with Crippen LogP contribution in [0.2, 0.25) is 0 Å². The van der Waals surface area contributed by atoms with E-state index in [2.05, 4.69) is 11.9 Å². The van der Waals surface area contributed by atoms with Gasteiger partial charge in [-0.1, -0.05) is 6.08 Å². The molecule has 90 valence electrons. The standard InChI is InChI=1S/C12H14N2O3/c1-2-3-4-14-12(15)8-5-10-11(6-9(8)13)17-7-16-10/h2,5-6H,1,3-4,7,13H2,(H,14,15). The maximum Gasteiger partial charge on any atom is 0.253 e. The third-order valence-electron chi connectivity index (χ3n) is 2.42. The molecule has 0 bridgehead atoms. The summed E-state index contributed by atoms with van der Waals surface area (Å²) in [4.78, 5) is 11.8. The molecule has 0 unspecified atom stereocenters. The lowest BCUT2D eigenvalue weighted by molar-refractivity contribution is 0.0955. The first kappa shape index (κ1) is 11.3. The van der Waals surface area contributed by atoms with Gasteiger partial charge < -0.3 is 20.5 Å². The molecule has 2 rings (SSSR count).